The molecular weight excluding hydrogens is 275 g/mol. The van der Waals surface area contributed by atoms with E-state index in [9.17, 15) is 0 Å². The normalized spacial score (nSPS) is 19.2. The Kier molecular flexibility index (Phi) is 3.71. The molecule has 1 saturated heterocycles. The minimum Gasteiger partial charge on any atom is -0.399 e. The average Bonchev–Trinajstić information content (AvgIpc) is 2.69. The summed E-state index contributed by atoms with van der Waals surface area (Å²) in [4.78, 5) is 4.25. The molecular formula is C17H21BN2O2. The number of nitrogens with zero attached hydrogens (tertiary/aromatic N) is 1. The van der Waals surface area contributed by atoms with Gasteiger partial charge in [-0.15, -0.1) is 0 Å². The summed E-state index contributed by atoms with van der Waals surface area (Å²) in [6, 6.07) is 13.8. The van der Waals surface area contributed by atoms with Crippen molar-refractivity contribution >= 4 is 24.1 Å². The van der Waals surface area contributed by atoms with Crippen LogP contribution in [0.4, 0.5) is 11.5 Å². The maximum absolute atomic E-state index is 6.05. The largest absolute Gasteiger partial charge is 0.494 e. The molecule has 2 aromatic rings. The lowest BCUT2D eigenvalue weighted by atomic mass is 9.79. The van der Waals surface area contributed by atoms with Crippen molar-refractivity contribution in [3.8, 4) is 0 Å². The van der Waals surface area contributed by atoms with Crippen LogP contribution in [0.15, 0.2) is 48.7 Å². The van der Waals surface area contributed by atoms with Gasteiger partial charge in [0.25, 0.3) is 0 Å². The predicted molar refractivity (Wildman–Crippen MR) is 89.7 cm³/mol. The van der Waals surface area contributed by atoms with Crippen molar-refractivity contribution in [2.24, 2.45) is 0 Å². The van der Waals surface area contributed by atoms with Gasteiger partial charge in [-0.3, -0.25) is 0 Å². The fraction of sp³-hybridized carbons (Fsp3) is 0.353. The summed E-state index contributed by atoms with van der Waals surface area (Å²) in [6.45, 7) is 8.24. The van der Waals surface area contributed by atoms with Crippen molar-refractivity contribution in [1.82, 2.24) is 4.98 Å². The quantitative estimate of drug-likeness (QED) is 0.884. The second kappa shape index (κ2) is 5.41. The van der Waals surface area contributed by atoms with Crippen LogP contribution in [0.5, 0.6) is 0 Å². The third-order valence-electron chi connectivity index (χ3n) is 4.37. The highest BCUT2D eigenvalue weighted by molar-refractivity contribution is 6.62. The van der Waals surface area contributed by atoms with Crippen molar-refractivity contribution in [1.29, 1.82) is 0 Å². The SMILES string of the molecule is CC1(C)OB(c2ccc(Nc3ccccn3)cc2)OC1(C)C. The van der Waals surface area contributed by atoms with E-state index in [2.05, 4.69) is 38.0 Å². The van der Waals surface area contributed by atoms with Crippen LogP contribution in [-0.4, -0.2) is 23.3 Å². The number of hydrogen-bond donors (Lipinski definition) is 1. The first-order chi connectivity index (χ1) is 10.4. The van der Waals surface area contributed by atoms with Crippen LogP contribution >= 0.6 is 0 Å². The number of benzene rings is 1. The van der Waals surface area contributed by atoms with Crippen molar-refractivity contribution < 1.29 is 9.31 Å². The Morgan fingerprint density at radius 1 is 0.909 bits per heavy atom. The minimum absolute atomic E-state index is 0.317. The fourth-order valence-corrected chi connectivity index (χ4v) is 2.29. The summed E-state index contributed by atoms with van der Waals surface area (Å²) in [5.41, 5.74) is 1.37. The van der Waals surface area contributed by atoms with Gasteiger partial charge < -0.3 is 14.6 Å². The monoisotopic (exact) mass is 296 g/mol. The van der Waals surface area contributed by atoms with Crippen LogP contribution in [-0.2, 0) is 9.31 Å². The van der Waals surface area contributed by atoms with Gasteiger partial charge in [0, 0.05) is 11.9 Å². The van der Waals surface area contributed by atoms with E-state index in [4.69, 9.17) is 9.31 Å². The molecule has 0 unspecified atom stereocenters. The summed E-state index contributed by atoms with van der Waals surface area (Å²) < 4.78 is 12.1. The van der Waals surface area contributed by atoms with Gasteiger partial charge in [0.15, 0.2) is 0 Å². The van der Waals surface area contributed by atoms with Gasteiger partial charge in [-0.05, 0) is 57.4 Å². The molecule has 114 valence electrons. The summed E-state index contributed by atoms with van der Waals surface area (Å²) in [5.74, 6) is 0.825. The molecule has 1 aliphatic rings. The van der Waals surface area contributed by atoms with E-state index in [-0.39, 0.29) is 18.3 Å². The van der Waals surface area contributed by atoms with Crippen molar-refractivity contribution in [3.63, 3.8) is 0 Å². The second-order valence-electron chi connectivity index (χ2n) is 6.55. The molecule has 0 bridgehead atoms. The standard InChI is InChI=1S/C17H21BN2O2/c1-16(2)17(3,4)22-18(21-16)13-8-10-14(11-9-13)20-15-7-5-6-12-19-15/h5-12H,1-4H3,(H,19,20). The van der Waals surface area contributed by atoms with Gasteiger partial charge in [-0.25, -0.2) is 4.98 Å². The zero-order chi connectivity index (χ0) is 15.8. The highest BCUT2D eigenvalue weighted by Crippen LogP contribution is 2.36. The van der Waals surface area contributed by atoms with Crippen molar-refractivity contribution in [2.75, 3.05) is 5.32 Å². The second-order valence-corrected chi connectivity index (χ2v) is 6.55. The summed E-state index contributed by atoms with van der Waals surface area (Å²) in [5, 5.41) is 3.26. The van der Waals surface area contributed by atoms with E-state index >= 15 is 0 Å². The van der Waals surface area contributed by atoms with E-state index in [1.54, 1.807) is 6.20 Å². The topological polar surface area (TPSA) is 43.4 Å². The highest BCUT2D eigenvalue weighted by atomic mass is 16.7. The maximum atomic E-state index is 6.05. The molecule has 0 radical (unpaired) electrons. The molecule has 0 amide bonds. The van der Waals surface area contributed by atoms with Gasteiger partial charge >= 0.3 is 7.12 Å². The van der Waals surface area contributed by atoms with E-state index in [0.29, 0.717) is 0 Å². The van der Waals surface area contributed by atoms with Gasteiger partial charge in [0.1, 0.15) is 5.82 Å². The molecule has 0 saturated carbocycles. The third-order valence-corrected chi connectivity index (χ3v) is 4.37. The Balaban J connectivity index is 1.73. The minimum atomic E-state index is -0.325. The number of pyridine rings is 1. The molecule has 1 aromatic carbocycles. The smallest absolute Gasteiger partial charge is 0.399 e. The first-order valence-corrected chi connectivity index (χ1v) is 7.51. The molecule has 22 heavy (non-hydrogen) atoms. The van der Waals surface area contributed by atoms with E-state index in [1.807, 2.05) is 42.5 Å². The zero-order valence-electron chi connectivity index (χ0n) is 13.5. The van der Waals surface area contributed by atoms with Crippen LogP contribution in [0.1, 0.15) is 27.7 Å². The average molecular weight is 296 g/mol. The molecule has 3 rings (SSSR count). The third kappa shape index (κ3) is 2.87. The lowest BCUT2D eigenvalue weighted by Crippen LogP contribution is -2.41. The van der Waals surface area contributed by atoms with Gasteiger partial charge in [-0.2, -0.15) is 0 Å². The molecule has 1 N–H and O–H groups in total. The Hall–Kier alpha value is -1.85. The van der Waals surface area contributed by atoms with Crippen LogP contribution in [0.2, 0.25) is 0 Å². The summed E-state index contributed by atoms with van der Waals surface area (Å²) >= 11 is 0. The number of rotatable bonds is 3. The predicted octanol–water partition coefficient (Wildman–Crippen LogP) is 3.12. The lowest BCUT2D eigenvalue weighted by Gasteiger charge is -2.32. The lowest BCUT2D eigenvalue weighted by molar-refractivity contribution is 0.00578. The number of anilines is 2. The van der Waals surface area contributed by atoms with Gasteiger partial charge in [-0.1, -0.05) is 18.2 Å². The van der Waals surface area contributed by atoms with Gasteiger partial charge in [0.05, 0.1) is 11.2 Å². The molecule has 1 fully saturated rings. The van der Waals surface area contributed by atoms with Gasteiger partial charge in [0.2, 0.25) is 0 Å². The number of nitrogens with one attached hydrogen (secondary N) is 1. The molecule has 0 atom stereocenters. The Bertz CT molecular complexity index is 625. The summed E-state index contributed by atoms with van der Waals surface area (Å²) in [6.07, 6.45) is 1.76. The van der Waals surface area contributed by atoms with Crippen LogP contribution < -0.4 is 10.8 Å². The molecule has 1 aliphatic heterocycles. The molecule has 4 nitrogen and oxygen atoms in total. The summed E-state index contributed by atoms with van der Waals surface area (Å²) in [7, 11) is -0.325. The van der Waals surface area contributed by atoms with Crippen LogP contribution in [0, 0.1) is 0 Å². The first-order valence-electron chi connectivity index (χ1n) is 7.51. The van der Waals surface area contributed by atoms with E-state index < -0.39 is 0 Å². The van der Waals surface area contributed by atoms with Crippen molar-refractivity contribution in [2.45, 2.75) is 38.9 Å². The molecule has 2 heterocycles. The molecule has 1 aromatic heterocycles. The number of aromatic nitrogens is 1. The highest BCUT2D eigenvalue weighted by Gasteiger charge is 2.51. The van der Waals surface area contributed by atoms with E-state index in [1.165, 1.54) is 0 Å². The Labute approximate surface area is 132 Å². The van der Waals surface area contributed by atoms with E-state index in [0.717, 1.165) is 17.0 Å². The first kappa shape index (κ1) is 15.1. The van der Waals surface area contributed by atoms with Crippen LogP contribution in [0.3, 0.4) is 0 Å². The zero-order valence-corrected chi connectivity index (χ0v) is 13.5. The Morgan fingerprint density at radius 3 is 2.09 bits per heavy atom. The molecule has 0 aliphatic carbocycles. The molecule has 5 heteroatoms. The maximum Gasteiger partial charge on any atom is 0.494 e. The molecule has 0 spiro atoms. The van der Waals surface area contributed by atoms with Crippen LogP contribution in [0.25, 0.3) is 0 Å². The van der Waals surface area contributed by atoms with Crippen molar-refractivity contribution in [3.05, 3.63) is 48.7 Å². The fourth-order valence-electron chi connectivity index (χ4n) is 2.29. The Morgan fingerprint density at radius 2 is 1.55 bits per heavy atom. The number of hydrogen-bond acceptors (Lipinski definition) is 4.